The van der Waals surface area contributed by atoms with Gasteiger partial charge in [0.05, 0.1) is 23.6 Å². The minimum Gasteiger partial charge on any atom is -0.386 e. The molecule has 4 rings (SSSR count). The van der Waals surface area contributed by atoms with Crippen LogP contribution in [0.3, 0.4) is 0 Å². The van der Waals surface area contributed by atoms with Crippen molar-refractivity contribution >= 4 is 5.91 Å². The summed E-state index contributed by atoms with van der Waals surface area (Å²) >= 11 is 0. The molecule has 8 heteroatoms. The van der Waals surface area contributed by atoms with Crippen molar-refractivity contribution in [2.24, 2.45) is 0 Å². The van der Waals surface area contributed by atoms with Gasteiger partial charge in [0.25, 0.3) is 5.91 Å². The first-order valence-corrected chi connectivity index (χ1v) is 10.5. The fourth-order valence-electron chi connectivity index (χ4n) is 4.72. The number of hydrogen-bond donors (Lipinski definition) is 1. The Bertz CT molecular complexity index is 901. The third-order valence-electron chi connectivity index (χ3n) is 6.64. The minimum atomic E-state index is -0.866. The zero-order chi connectivity index (χ0) is 21.5. The largest absolute Gasteiger partial charge is 0.386 e. The second kappa shape index (κ2) is 7.76. The number of carbonyl (C=O) groups is 1. The normalized spacial score (nSPS) is 26.3. The Morgan fingerprint density at radius 1 is 1.23 bits per heavy atom. The van der Waals surface area contributed by atoms with Crippen LogP contribution in [0.25, 0.3) is 5.69 Å². The van der Waals surface area contributed by atoms with E-state index < -0.39 is 5.60 Å². The predicted molar refractivity (Wildman–Crippen MR) is 113 cm³/mol. The van der Waals surface area contributed by atoms with Gasteiger partial charge >= 0.3 is 0 Å². The Hall–Kier alpha value is -2.29. The average Bonchev–Trinajstić information content (AvgIpc) is 3.12. The predicted octanol–water partition coefficient (Wildman–Crippen LogP) is 1.65. The van der Waals surface area contributed by atoms with Crippen LogP contribution in [0.5, 0.6) is 0 Å². The minimum absolute atomic E-state index is 0.0292. The summed E-state index contributed by atoms with van der Waals surface area (Å²) in [6.07, 6.45) is 2.27. The molecular formula is C22H31N5O3. The van der Waals surface area contributed by atoms with E-state index in [1.165, 1.54) is 0 Å². The Balaban J connectivity index is 1.45. The van der Waals surface area contributed by atoms with E-state index in [9.17, 15) is 9.90 Å². The number of aliphatic hydroxyl groups is 1. The van der Waals surface area contributed by atoms with E-state index in [1.54, 1.807) is 4.68 Å². The number of benzene rings is 1. The number of likely N-dealkylation sites (tertiary alicyclic amines) is 1. The molecule has 2 saturated heterocycles. The molecule has 8 nitrogen and oxygen atoms in total. The number of carbonyl (C=O) groups excluding carboxylic acids is 1. The molecule has 1 spiro atoms. The van der Waals surface area contributed by atoms with Crippen molar-refractivity contribution in [2.75, 3.05) is 33.8 Å². The van der Waals surface area contributed by atoms with Crippen LogP contribution in [0.15, 0.2) is 30.3 Å². The van der Waals surface area contributed by atoms with Crippen LogP contribution >= 0.6 is 0 Å². The number of para-hydroxylation sites is 1. The van der Waals surface area contributed by atoms with E-state index in [4.69, 9.17) is 4.74 Å². The van der Waals surface area contributed by atoms with Crippen molar-refractivity contribution in [1.82, 2.24) is 24.8 Å². The van der Waals surface area contributed by atoms with E-state index in [-0.39, 0.29) is 17.6 Å². The number of rotatable bonds is 3. The summed E-state index contributed by atoms with van der Waals surface area (Å²) in [5, 5.41) is 19.1. The van der Waals surface area contributed by atoms with Crippen LogP contribution in [0.1, 0.15) is 42.4 Å². The van der Waals surface area contributed by atoms with Gasteiger partial charge < -0.3 is 19.6 Å². The highest BCUT2D eigenvalue weighted by atomic mass is 16.5. The van der Waals surface area contributed by atoms with Crippen LogP contribution in [0.4, 0.5) is 0 Å². The second-order valence-corrected chi connectivity index (χ2v) is 9.08. The van der Waals surface area contributed by atoms with Crippen LogP contribution in [0, 0.1) is 6.92 Å². The SMILES string of the molecule is Cc1c(C(=O)N2CCC3(CC2)C[C@H](N(C)C)[C@@](C)(O)CO3)nnn1-c1ccccc1. The molecule has 2 aliphatic rings. The summed E-state index contributed by atoms with van der Waals surface area (Å²) in [5.41, 5.74) is 0.869. The molecule has 2 fully saturated rings. The van der Waals surface area contributed by atoms with E-state index >= 15 is 0 Å². The van der Waals surface area contributed by atoms with Gasteiger partial charge in [-0.15, -0.1) is 5.10 Å². The fraction of sp³-hybridized carbons (Fsp3) is 0.591. The number of hydrogen-bond acceptors (Lipinski definition) is 6. The summed E-state index contributed by atoms with van der Waals surface area (Å²) in [6.45, 7) is 5.24. The van der Waals surface area contributed by atoms with E-state index in [0.29, 0.717) is 25.4 Å². The Labute approximate surface area is 177 Å². The molecule has 0 radical (unpaired) electrons. The van der Waals surface area contributed by atoms with Gasteiger partial charge in [0.1, 0.15) is 5.60 Å². The van der Waals surface area contributed by atoms with E-state index in [1.807, 2.05) is 63.2 Å². The molecule has 1 aromatic carbocycles. The average molecular weight is 414 g/mol. The van der Waals surface area contributed by atoms with Gasteiger partial charge in [-0.2, -0.15) is 0 Å². The van der Waals surface area contributed by atoms with Gasteiger partial charge in [-0.05, 0) is 59.3 Å². The van der Waals surface area contributed by atoms with Gasteiger partial charge in [-0.3, -0.25) is 4.79 Å². The van der Waals surface area contributed by atoms with Crippen LogP contribution in [0.2, 0.25) is 0 Å². The number of likely N-dealkylation sites (N-methyl/N-ethyl adjacent to an activating group) is 1. The standard InChI is InChI=1S/C22H31N5O3/c1-16-19(23-24-27(16)17-8-6-5-7-9-17)20(28)26-12-10-22(11-13-26)14-18(25(3)4)21(2,29)15-30-22/h5-9,18,29H,10-15H2,1-4H3/t18-,21-/m0/s1. The summed E-state index contributed by atoms with van der Waals surface area (Å²) < 4.78 is 7.88. The molecule has 0 bridgehead atoms. The Morgan fingerprint density at radius 3 is 2.53 bits per heavy atom. The summed E-state index contributed by atoms with van der Waals surface area (Å²) in [7, 11) is 3.99. The summed E-state index contributed by atoms with van der Waals surface area (Å²) in [4.78, 5) is 17.1. The second-order valence-electron chi connectivity index (χ2n) is 9.08. The maximum Gasteiger partial charge on any atom is 0.276 e. The Kier molecular flexibility index (Phi) is 5.42. The first kappa shape index (κ1) is 21.0. The molecule has 2 aromatic rings. The van der Waals surface area contributed by atoms with Crippen molar-refractivity contribution in [3.63, 3.8) is 0 Å². The third-order valence-corrected chi connectivity index (χ3v) is 6.64. The van der Waals surface area contributed by atoms with E-state index in [0.717, 1.165) is 30.6 Å². The molecule has 2 atom stereocenters. The van der Waals surface area contributed by atoms with Crippen LogP contribution in [-0.4, -0.2) is 86.8 Å². The number of ether oxygens (including phenoxy) is 1. The van der Waals surface area contributed by atoms with Gasteiger partial charge in [0.15, 0.2) is 5.69 Å². The summed E-state index contributed by atoms with van der Waals surface area (Å²) in [5.74, 6) is -0.0866. The van der Waals surface area contributed by atoms with Gasteiger partial charge in [-0.1, -0.05) is 23.4 Å². The van der Waals surface area contributed by atoms with Gasteiger partial charge in [-0.25, -0.2) is 4.68 Å². The highest BCUT2D eigenvalue weighted by molar-refractivity contribution is 5.93. The number of piperidine rings is 1. The van der Waals surface area contributed by atoms with Crippen molar-refractivity contribution in [3.05, 3.63) is 41.7 Å². The molecule has 30 heavy (non-hydrogen) atoms. The third kappa shape index (κ3) is 3.75. The number of amides is 1. The summed E-state index contributed by atoms with van der Waals surface area (Å²) in [6, 6.07) is 9.73. The van der Waals surface area contributed by atoms with Gasteiger partial charge in [0.2, 0.25) is 0 Å². The Morgan fingerprint density at radius 2 is 1.90 bits per heavy atom. The fourth-order valence-corrected chi connectivity index (χ4v) is 4.72. The van der Waals surface area contributed by atoms with Crippen LogP contribution < -0.4 is 0 Å². The zero-order valence-electron chi connectivity index (χ0n) is 18.2. The lowest BCUT2D eigenvalue weighted by Gasteiger charge is -2.52. The molecule has 0 aliphatic carbocycles. The van der Waals surface area contributed by atoms with Crippen LogP contribution in [-0.2, 0) is 4.74 Å². The van der Waals surface area contributed by atoms with Crippen molar-refractivity contribution < 1.29 is 14.6 Å². The molecule has 1 aromatic heterocycles. The smallest absolute Gasteiger partial charge is 0.276 e. The lowest BCUT2D eigenvalue weighted by Crippen LogP contribution is -2.63. The highest BCUT2D eigenvalue weighted by Gasteiger charge is 2.49. The van der Waals surface area contributed by atoms with E-state index in [2.05, 4.69) is 15.2 Å². The maximum atomic E-state index is 13.1. The highest BCUT2D eigenvalue weighted by Crippen LogP contribution is 2.40. The zero-order valence-corrected chi connectivity index (χ0v) is 18.2. The molecule has 3 heterocycles. The number of aromatic nitrogens is 3. The molecule has 1 N–H and O–H groups in total. The first-order chi connectivity index (χ1) is 14.2. The van der Waals surface area contributed by atoms with Crippen molar-refractivity contribution in [2.45, 2.75) is 50.4 Å². The molecule has 0 unspecified atom stereocenters. The molecule has 162 valence electrons. The maximum absolute atomic E-state index is 13.1. The van der Waals surface area contributed by atoms with Crippen molar-refractivity contribution in [3.8, 4) is 5.69 Å². The topological polar surface area (TPSA) is 83.7 Å². The number of nitrogens with zero attached hydrogens (tertiary/aromatic N) is 5. The lowest BCUT2D eigenvalue weighted by atomic mass is 9.77. The first-order valence-electron chi connectivity index (χ1n) is 10.5. The quantitative estimate of drug-likeness (QED) is 0.824. The molecule has 0 saturated carbocycles. The molecule has 2 aliphatic heterocycles. The van der Waals surface area contributed by atoms with Gasteiger partial charge in [0, 0.05) is 19.1 Å². The lowest BCUT2D eigenvalue weighted by molar-refractivity contribution is -0.205. The van der Waals surface area contributed by atoms with Crippen molar-refractivity contribution in [1.29, 1.82) is 0 Å². The molecular weight excluding hydrogens is 382 g/mol. The molecule has 1 amide bonds. The monoisotopic (exact) mass is 413 g/mol.